The third-order valence-electron chi connectivity index (χ3n) is 2.10. The minimum atomic E-state index is -0.637. The summed E-state index contributed by atoms with van der Waals surface area (Å²) in [6.45, 7) is 0. The van der Waals surface area contributed by atoms with Crippen LogP contribution < -0.4 is 11.5 Å². The van der Waals surface area contributed by atoms with E-state index in [1.54, 1.807) is 6.07 Å². The quantitative estimate of drug-likeness (QED) is 0.632. The van der Waals surface area contributed by atoms with Crippen molar-refractivity contribution >= 4 is 22.1 Å². The van der Waals surface area contributed by atoms with Gasteiger partial charge in [0.2, 0.25) is 0 Å². The first-order valence-corrected chi connectivity index (χ1v) is 4.02. The fraction of sp³-hybridized carbons (Fsp3) is 0. The molecule has 14 heavy (non-hydrogen) atoms. The fourth-order valence-electron chi connectivity index (χ4n) is 1.34. The summed E-state index contributed by atoms with van der Waals surface area (Å²) in [6.07, 6.45) is 0. The molecule has 0 aliphatic rings. The molecule has 0 aliphatic carbocycles. The van der Waals surface area contributed by atoms with E-state index in [4.69, 9.17) is 11.5 Å². The number of nitrogens with two attached hydrogens (primary N) is 2. The van der Waals surface area contributed by atoms with Gasteiger partial charge in [-0.25, -0.2) is 8.78 Å². The molecule has 4 N–H and O–H groups in total. The Kier molecular flexibility index (Phi) is 1.77. The van der Waals surface area contributed by atoms with Gasteiger partial charge in [-0.15, -0.1) is 0 Å². The van der Waals surface area contributed by atoms with Crippen molar-refractivity contribution in [2.75, 3.05) is 11.5 Å². The summed E-state index contributed by atoms with van der Waals surface area (Å²) in [5.41, 5.74) is 10.7. The van der Waals surface area contributed by atoms with Crippen molar-refractivity contribution in [3.8, 4) is 0 Å². The van der Waals surface area contributed by atoms with Crippen molar-refractivity contribution in [3.05, 3.63) is 35.9 Å². The molecule has 0 bridgehead atoms. The van der Waals surface area contributed by atoms with E-state index >= 15 is 0 Å². The zero-order valence-corrected chi connectivity index (χ0v) is 7.22. The Morgan fingerprint density at radius 3 is 2.36 bits per heavy atom. The lowest BCUT2D eigenvalue weighted by Crippen LogP contribution is -1.94. The van der Waals surface area contributed by atoms with Gasteiger partial charge in [0.05, 0.1) is 11.4 Å². The standard InChI is InChI=1S/C10H8F2N2/c11-7-4-6-5(3-9(7)14)1-2-8(13)10(6)12/h1-4H,13-14H2. The number of hydrogen-bond donors (Lipinski definition) is 2. The third kappa shape index (κ3) is 1.16. The molecule has 0 heterocycles. The van der Waals surface area contributed by atoms with Gasteiger partial charge in [-0.2, -0.15) is 0 Å². The molecule has 0 saturated heterocycles. The molecule has 4 heteroatoms. The Balaban J connectivity index is 2.89. The molecule has 0 saturated carbocycles. The number of halogens is 2. The van der Waals surface area contributed by atoms with Crippen LogP contribution >= 0.6 is 0 Å². The minimum Gasteiger partial charge on any atom is -0.396 e. The second kappa shape index (κ2) is 2.83. The zero-order chi connectivity index (χ0) is 10.3. The number of rotatable bonds is 0. The van der Waals surface area contributed by atoms with E-state index in [-0.39, 0.29) is 16.8 Å². The second-order valence-corrected chi connectivity index (χ2v) is 3.06. The van der Waals surface area contributed by atoms with Crippen LogP contribution in [0.3, 0.4) is 0 Å². The monoisotopic (exact) mass is 194 g/mol. The van der Waals surface area contributed by atoms with Gasteiger partial charge in [0.15, 0.2) is 5.82 Å². The van der Waals surface area contributed by atoms with Crippen molar-refractivity contribution < 1.29 is 8.78 Å². The van der Waals surface area contributed by atoms with Crippen LogP contribution in [0.4, 0.5) is 20.2 Å². The molecular formula is C10H8F2N2. The lowest BCUT2D eigenvalue weighted by Gasteiger charge is -2.04. The van der Waals surface area contributed by atoms with Gasteiger partial charge in [0.1, 0.15) is 5.82 Å². The summed E-state index contributed by atoms with van der Waals surface area (Å²) in [4.78, 5) is 0. The Hall–Kier alpha value is -1.84. The van der Waals surface area contributed by atoms with Crippen molar-refractivity contribution in [2.45, 2.75) is 0 Å². The molecule has 2 rings (SSSR count). The maximum atomic E-state index is 13.4. The maximum absolute atomic E-state index is 13.4. The van der Waals surface area contributed by atoms with Crippen LogP contribution in [0.1, 0.15) is 0 Å². The van der Waals surface area contributed by atoms with E-state index in [0.717, 1.165) is 6.07 Å². The van der Waals surface area contributed by atoms with Gasteiger partial charge in [0, 0.05) is 5.39 Å². The highest BCUT2D eigenvalue weighted by Gasteiger charge is 2.07. The summed E-state index contributed by atoms with van der Waals surface area (Å²) in [5, 5.41) is 0.687. The number of hydrogen-bond acceptors (Lipinski definition) is 2. The maximum Gasteiger partial charge on any atom is 0.153 e. The summed E-state index contributed by atoms with van der Waals surface area (Å²) in [7, 11) is 0. The minimum absolute atomic E-state index is 0.00155. The Morgan fingerprint density at radius 2 is 1.64 bits per heavy atom. The average molecular weight is 194 g/mol. The number of fused-ring (bicyclic) bond motifs is 1. The van der Waals surface area contributed by atoms with Crippen LogP contribution in [0, 0.1) is 11.6 Å². The Morgan fingerprint density at radius 1 is 0.929 bits per heavy atom. The second-order valence-electron chi connectivity index (χ2n) is 3.06. The van der Waals surface area contributed by atoms with Gasteiger partial charge < -0.3 is 11.5 Å². The third-order valence-corrected chi connectivity index (χ3v) is 2.10. The number of anilines is 2. The molecule has 2 aromatic carbocycles. The molecule has 0 aromatic heterocycles. The fourth-order valence-corrected chi connectivity index (χ4v) is 1.34. The lowest BCUT2D eigenvalue weighted by atomic mass is 10.1. The van der Waals surface area contributed by atoms with Crippen LogP contribution in [0.5, 0.6) is 0 Å². The Labute approximate surface area is 79.1 Å². The van der Waals surface area contributed by atoms with Crippen LogP contribution in [0.15, 0.2) is 24.3 Å². The highest BCUT2D eigenvalue weighted by atomic mass is 19.1. The van der Waals surface area contributed by atoms with Gasteiger partial charge in [-0.05, 0) is 23.6 Å². The number of nitrogen functional groups attached to an aromatic ring is 2. The molecule has 0 fully saturated rings. The van der Waals surface area contributed by atoms with Crippen molar-refractivity contribution in [1.29, 1.82) is 0 Å². The van der Waals surface area contributed by atoms with Crippen LogP contribution in [0.25, 0.3) is 10.8 Å². The first-order chi connectivity index (χ1) is 6.59. The molecule has 2 nitrogen and oxygen atoms in total. The van der Waals surface area contributed by atoms with E-state index < -0.39 is 11.6 Å². The largest absolute Gasteiger partial charge is 0.396 e. The van der Waals surface area contributed by atoms with Gasteiger partial charge in [0.25, 0.3) is 0 Å². The topological polar surface area (TPSA) is 52.0 Å². The van der Waals surface area contributed by atoms with E-state index in [1.165, 1.54) is 12.1 Å². The van der Waals surface area contributed by atoms with E-state index in [9.17, 15) is 8.78 Å². The summed E-state index contributed by atoms with van der Waals surface area (Å²) in [6, 6.07) is 5.46. The summed E-state index contributed by atoms with van der Waals surface area (Å²) in [5.74, 6) is -1.25. The molecular weight excluding hydrogens is 186 g/mol. The molecule has 0 atom stereocenters. The van der Waals surface area contributed by atoms with Gasteiger partial charge in [-0.1, -0.05) is 6.07 Å². The molecule has 72 valence electrons. The highest BCUT2D eigenvalue weighted by Crippen LogP contribution is 2.26. The molecule has 0 spiro atoms. The predicted octanol–water partition coefficient (Wildman–Crippen LogP) is 2.28. The molecule has 0 aliphatic heterocycles. The van der Waals surface area contributed by atoms with E-state index in [2.05, 4.69) is 0 Å². The van der Waals surface area contributed by atoms with Gasteiger partial charge in [-0.3, -0.25) is 0 Å². The van der Waals surface area contributed by atoms with Crippen molar-refractivity contribution in [1.82, 2.24) is 0 Å². The summed E-state index contributed by atoms with van der Waals surface area (Å²) < 4.78 is 26.4. The van der Waals surface area contributed by atoms with E-state index in [1.807, 2.05) is 0 Å². The summed E-state index contributed by atoms with van der Waals surface area (Å²) >= 11 is 0. The molecule has 0 amide bonds. The molecule has 0 radical (unpaired) electrons. The Bertz CT molecular complexity index is 509. The smallest absolute Gasteiger partial charge is 0.153 e. The molecule has 0 unspecified atom stereocenters. The van der Waals surface area contributed by atoms with Crippen molar-refractivity contribution in [2.24, 2.45) is 0 Å². The van der Waals surface area contributed by atoms with E-state index in [0.29, 0.717) is 5.39 Å². The first-order valence-electron chi connectivity index (χ1n) is 4.02. The molecule has 2 aromatic rings. The lowest BCUT2D eigenvalue weighted by molar-refractivity contribution is 0.626. The van der Waals surface area contributed by atoms with Crippen LogP contribution in [-0.4, -0.2) is 0 Å². The van der Waals surface area contributed by atoms with Crippen LogP contribution in [0.2, 0.25) is 0 Å². The predicted molar refractivity (Wildman–Crippen MR) is 52.7 cm³/mol. The van der Waals surface area contributed by atoms with Crippen LogP contribution in [-0.2, 0) is 0 Å². The zero-order valence-electron chi connectivity index (χ0n) is 7.22. The average Bonchev–Trinajstić information content (AvgIpc) is 2.15. The number of benzene rings is 2. The van der Waals surface area contributed by atoms with Crippen molar-refractivity contribution in [3.63, 3.8) is 0 Å². The SMILES string of the molecule is Nc1cc2ccc(N)c(F)c2cc1F. The highest BCUT2D eigenvalue weighted by molar-refractivity contribution is 5.88. The van der Waals surface area contributed by atoms with Gasteiger partial charge >= 0.3 is 0 Å². The normalized spacial score (nSPS) is 10.7. The first kappa shape index (κ1) is 8.74.